The zero-order valence-electron chi connectivity index (χ0n) is 10.9. The van der Waals surface area contributed by atoms with Gasteiger partial charge in [-0.3, -0.25) is 0 Å². The number of halogens is 1. The summed E-state index contributed by atoms with van der Waals surface area (Å²) in [5.41, 5.74) is 3.29. The van der Waals surface area contributed by atoms with Crippen LogP contribution in [0.15, 0.2) is 46.9 Å². The molecule has 0 bridgehead atoms. The van der Waals surface area contributed by atoms with E-state index in [1.165, 1.54) is 0 Å². The molecule has 3 aromatic rings. The maximum Gasteiger partial charge on any atom is 0.178 e. The minimum Gasteiger partial charge on any atom is -0.497 e. The van der Waals surface area contributed by atoms with E-state index in [2.05, 4.69) is 37.6 Å². The largest absolute Gasteiger partial charge is 0.497 e. The highest BCUT2D eigenvalue weighted by molar-refractivity contribution is 9.10. The number of hydrogen-bond acceptors (Lipinski definition) is 2. The van der Waals surface area contributed by atoms with Crippen molar-refractivity contribution >= 4 is 39.2 Å². The first-order valence-corrected chi connectivity index (χ1v) is 7.38. The molecule has 1 heterocycles. The molecule has 5 heteroatoms. The maximum atomic E-state index is 5.42. The topological polar surface area (TPSA) is 29.9 Å². The van der Waals surface area contributed by atoms with Crippen LogP contribution in [0.5, 0.6) is 5.75 Å². The fraction of sp³-hybridized carbons (Fsp3) is 0.133. The zero-order chi connectivity index (χ0) is 14.1. The number of hydrogen-bond donors (Lipinski definition) is 1. The van der Waals surface area contributed by atoms with Gasteiger partial charge in [-0.2, -0.15) is 0 Å². The number of nitrogens with one attached hydrogen (secondary N) is 1. The quantitative estimate of drug-likeness (QED) is 0.705. The lowest BCUT2D eigenvalue weighted by Crippen LogP contribution is -1.99. The van der Waals surface area contributed by atoms with Gasteiger partial charge in [0.15, 0.2) is 4.77 Å². The zero-order valence-corrected chi connectivity index (χ0v) is 13.3. The van der Waals surface area contributed by atoms with Crippen LogP contribution in [-0.4, -0.2) is 16.7 Å². The molecule has 0 amide bonds. The molecule has 20 heavy (non-hydrogen) atoms. The molecule has 0 saturated carbocycles. The van der Waals surface area contributed by atoms with Gasteiger partial charge in [0.05, 0.1) is 24.7 Å². The molecule has 0 spiro atoms. The van der Waals surface area contributed by atoms with E-state index in [0.717, 1.165) is 38.1 Å². The van der Waals surface area contributed by atoms with Crippen molar-refractivity contribution in [2.75, 3.05) is 7.11 Å². The summed E-state index contributed by atoms with van der Waals surface area (Å²) >= 11 is 8.89. The monoisotopic (exact) mass is 348 g/mol. The smallest absolute Gasteiger partial charge is 0.178 e. The van der Waals surface area contributed by atoms with E-state index < -0.39 is 0 Å². The third-order valence-corrected chi connectivity index (χ3v) is 4.03. The number of rotatable bonds is 3. The van der Waals surface area contributed by atoms with Gasteiger partial charge in [-0.1, -0.05) is 28.1 Å². The van der Waals surface area contributed by atoms with Crippen molar-refractivity contribution in [3.63, 3.8) is 0 Å². The van der Waals surface area contributed by atoms with Crippen molar-refractivity contribution in [2.45, 2.75) is 6.54 Å². The SMILES string of the molecule is COc1cccc(Cn2c(=S)[nH]c3cc(Br)ccc32)c1. The second-order valence-corrected chi connectivity index (χ2v) is 5.83. The van der Waals surface area contributed by atoms with Crippen LogP contribution in [0.3, 0.4) is 0 Å². The molecule has 0 aliphatic heterocycles. The van der Waals surface area contributed by atoms with Gasteiger partial charge in [0.2, 0.25) is 0 Å². The summed E-state index contributed by atoms with van der Waals surface area (Å²) in [5.74, 6) is 0.858. The third-order valence-electron chi connectivity index (χ3n) is 3.21. The van der Waals surface area contributed by atoms with Crippen LogP contribution in [0.25, 0.3) is 11.0 Å². The predicted octanol–water partition coefficient (Wildman–Crippen LogP) is 4.52. The fourth-order valence-corrected chi connectivity index (χ4v) is 2.88. The van der Waals surface area contributed by atoms with Gasteiger partial charge in [-0.25, -0.2) is 0 Å². The highest BCUT2D eigenvalue weighted by Crippen LogP contribution is 2.21. The Morgan fingerprint density at radius 3 is 2.90 bits per heavy atom. The van der Waals surface area contributed by atoms with Crippen LogP contribution < -0.4 is 4.74 Å². The van der Waals surface area contributed by atoms with Crippen LogP contribution >= 0.6 is 28.1 Å². The molecule has 0 atom stereocenters. The van der Waals surface area contributed by atoms with Crippen molar-refractivity contribution < 1.29 is 4.74 Å². The van der Waals surface area contributed by atoms with Crippen LogP contribution in [0.1, 0.15) is 5.56 Å². The molecule has 0 saturated heterocycles. The lowest BCUT2D eigenvalue weighted by Gasteiger charge is -2.07. The number of H-pyrrole nitrogens is 1. The van der Waals surface area contributed by atoms with Gasteiger partial charge in [-0.15, -0.1) is 0 Å². The van der Waals surface area contributed by atoms with Crippen LogP contribution in [0.4, 0.5) is 0 Å². The summed E-state index contributed by atoms with van der Waals surface area (Å²) in [4.78, 5) is 3.23. The van der Waals surface area contributed by atoms with Crippen molar-refractivity contribution in [3.05, 3.63) is 57.3 Å². The van der Waals surface area contributed by atoms with Gasteiger partial charge in [0.1, 0.15) is 5.75 Å². The van der Waals surface area contributed by atoms with Crippen LogP contribution in [0.2, 0.25) is 0 Å². The molecule has 1 aromatic heterocycles. The number of nitrogens with zero attached hydrogens (tertiary/aromatic N) is 1. The first-order chi connectivity index (χ1) is 9.67. The van der Waals surface area contributed by atoms with Gasteiger partial charge >= 0.3 is 0 Å². The van der Waals surface area contributed by atoms with Gasteiger partial charge < -0.3 is 14.3 Å². The lowest BCUT2D eigenvalue weighted by molar-refractivity contribution is 0.414. The summed E-state index contributed by atoms with van der Waals surface area (Å²) in [6.45, 7) is 0.720. The van der Waals surface area contributed by atoms with Crippen molar-refractivity contribution in [1.82, 2.24) is 9.55 Å². The average molecular weight is 349 g/mol. The van der Waals surface area contributed by atoms with Crippen LogP contribution in [0, 0.1) is 4.77 Å². The Morgan fingerprint density at radius 2 is 2.10 bits per heavy atom. The molecule has 3 nitrogen and oxygen atoms in total. The summed E-state index contributed by atoms with van der Waals surface area (Å²) in [7, 11) is 1.67. The predicted molar refractivity (Wildman–Crippen MR) is 86.9 cm³/mol. The summed E-state index contributed by atoms with van der Waals surface area (Å²) < 4.78 is 9.11. The molecule has 0 aliphatic carbocycles. The first-order valence-electron chi connectivity index (χ1n) is 6.18. The normalized spacial score (nSPS) is 10.9. The minimum atomic E-state index is 0.720. The summed E-state index contributed by atoms with van der Waals surface area (Å²) in [6, 6.07) is 14.1. The molecule has 2 aromatic carbocycles. The Labute approximate surface area is 130 Å². The van der Waals surface area contributed by atoms with E-state index in [1.54, 1.807) is 7.11 Å². The van der Waals surface area contributed by atoms with Gasteiger partial charge in [0.25, 0.3) is 0 Å². The molecular formula is C15H13BrN2OS. The second kappa shape index (κ2) is 5.42. The molecular weight excluding hydrogens is 336 g/mol. The Balaban J connectivity index is 2.06. The minimum absolute atomic E-state index is 0.720. The first kappa shape index (κ1) is 13.4. The molecule has 0 aliphatic rings. The molecule has 1 N–H and O–H groups in total. The standard InChI is InChI=1S/C15H13BrN2OS/c1-19-12-4-2-3-10(7-12)9-18-14-6-5-11(16)8-13(14)17-15(18)20/h2-8H,9H2,1H3,(H,17,20). The fourth-order valence-electron chi connectivity index (χ4n) is 2.25. The molecule has 0 radical (unpaired) electrons. The van der Waals surface area contributed by atoms with E-state index in [0.29, 0.717) is 0 Å². The number of imidazole rings is 1. The van der Waals surface area contributed by atoms with E-state index in [-0.39, 0.29) is 0 Å². The maximum absolute atomic E-state index is 5.42. The Bertz CT molecular complexity index is 822. The van der Waals surface area contributed by atoms with Crippen molar-refractivity contribution in [2.24, 2.45) is 0 Å². The molecule has 102 valence electrons. The lowest BCUT2D eigenvalue weighted by atomic mass is 10.2. The third kappa shape index (κ3) is 2.51. The summed E-state index contributed by atoms with van der Waals surface area (Å²) in [5, 5.41) is 0. The summed E-state index contributed by atoms with van der Waals surface area (Å²) in [6.07, 6.45) is 0. The highest BCUT2D eigenvalue weighted by Gasteiger charge is 2.06. The Morgan fingerprint density at radius 1 is 1.25 bits per heavy atom. The number of benzene rings is 2. The molecule has 0 fully saturated rings. The molecule has 0 unspecified atom stereocenters. The Hall–Kier alpha value is -1.59. The van der Waals surface area contributed by atoms with E-state index in [4.69, 9.17) is 17.0 Å². The average Bonchev–Trinajstić information content (AvgIpc) is 2.74. The Kier molecular flexibility index (Phi) is 3.63. The molecule has 3 rings (SSSR count). The van der Waals surface area contributed by atoms with Gasteiger partial charge in [0, 0.05) is 4.47 Å². The number of aromatic nitrogens is 2. The number of fused-ring (bicyclic) bond motifs is 1. The van der Waals surface area contributed by atoms with Crippen LogP contribution in [-0.2, 0) is 6.54 Å². The van der Waals surface area contributed by atoms with Crippen molar-refractivity contribution in [3.8, 4) is 5.75 Å². The number of aromatic amines is 1. The van der Waals surface area contributed by atoms with E-state index in [1.807, 2.05) is 30.3 Å². The van der Waals surface area contributed by atoms with E-state index in [9.17, 15) is 0 Å². The van der Waals surface area contributed by atoms with Crippen molar-refractivity contribution in [1.29, 1.82) is 0 Å². The highest BCUT2D eigenvalue weighted by atomic mass is 79.9. The second-order valence-electron chi connectivity index (χ2n) is 4.53. The van der Waals surface area contributed by atoms with Gasteiger partial charge in [-0.05, 0) is 48.1 Å². The van der Waals surface area contributed by atoms with E-state index >= 15 is 0 Å². The number of methoxy groups -OCH3 is 1. The number of ether oxygens (including phenoxy) is 1.